The number of aliphatic hydroxyl groups is 1. The molecule has 7 atom stereocenters. The number of fused-ring (bicyclic) bond motifs is 2. The lowest BCUT2D eigenvalue weighted by Crippen LogP contribution is -2.82. The van der Waals surface area contributed by atoms with E-state index in [0.29, 0.717) is 11.8 Å². The van der Waals surface area contributed by atoms with Crippen molar-refractivity contribution in [2.45, 2.75) is 80.6 Å². The van der Waals surface area contributed by atoms with Gasteiger partial charge in [0.05, 0.1) is 5.60 Å². The minimum Gasteiger partial charge on any atom is -0.504 e. The van der Waals surface area contributed by atoms with Gasteiger partial charge in [-0.15, -0.1) is 0 Å². The number of phenols is 1. The minimum atomic E-state index is -1.05. The maximum Gasteiger partial charge on any atom is 0.165 e. The molecule has 1 saturated heterocycles. The zero-order chi connectivity index (χ0) is 24.5. The number of hydrogen-bond acceptors (Lipinski definition) is 5. The molecule has 2 spiro atoms. The highest BCUT2D eigenvalue weighted by Gasteiger charge is 2.82. The van der Waals surface area contributed by atoms with Gasteiger partial charge in [0.2, 0.25) is 0 Å². The van der Waals surface area contributed by atoms with E-state index in [1.54, 1.807) is 0 Å². The summed E-state index contributed by atoms with van der Waals surface area (Å²) in [5, 5.41) is 23.3. The molecule has 0 amide bonds. The quantitative estimate of drug-likeness (QED) is 0.649. The Kier molecular flexibility index (Phi) is 4.18. The van der Waals surface area contributed by atoms with E-state index in [-0.39, 0.29) is 28.6 Å². The molecular formula is C31H37NO4. The van der Waals surface area contributed by atoms with Gasteiger partial charge in [0.1, 0.15) is 11.7 Å². The fraction of sp³-hybridized carbons (Fsp3) is 0.613. The second-order valence-electron chi connectivity index (χ2n) is 12.9. The lowest BCUT2D eigenvalue weighted by molar-refractivity contribution is -0.304. The van der Waals surface area contributed by atoms with Crippen LogP contribution < -0.4 is 4.74 Å². The van der Waals surface area contributed by atoms with Gasteiger partial charge in [-0.3, -0.25) is 4.90 Å². The van der Waals surface area contributed by atoms with Crippen molar-refractivity contribution in [1.29, 1.82) is 0 Å². The Morgan fingerprint density at radius 1 is 1.11 bits per heavy atom. The predicted octanol–water partition coefficient (Wildman–Crippen LogP) is 4.52. The average molecular weight is 488 g/mol. The van der Waals surface area contributed by atoms with Crippen LogP contribution >= 0.6 is 0 Å². The summed E-state index contributed by atoms with van der Waals surface area (Å²) in [5.41, 5.74) is 1.73. The summed E-state index contributed by atoms with van der Waals surface area (Å²) in [6.07, 6.45) is 7.45. The highest BCUT2D eigenvalue weighted by atomic mass is 16.6. The van der Waals surface area contributed by atoms with Crippen molar-refractivity contribution < 1.29 is 19.7 Å². The molecule has 1 unspecified atom stereocenters. The van der Waals surface area contributed by atoms with E-state index < -0.39 is 11.2 Å². The Hall–Kier alpha value is -2.08. The van der Waals surface area contributed by atoms with E-state index in [1.165, 1.54) is 30.5 Å². The molecule has 7 aliphatic rings. The molecule has 5 fully saturated rings. The van der Waals surface area contributed by atoms with Crippen molar-refractivity contribution in [1.82, 2.24) is 4.90 Å². The van der Waals surface area contributed by atoms with Crippen LogP contribution in [0.2, 0.25) is 0 Å². The molecule has 190 valence electrons. The Balaban J connectivity index is 1.36. The number of rotatable bonds is 5. The van der Waals surface area contributed by atoms with E-state index >= 15 is 0 Å². The predicted molar refractivity (Wildman–Crippen MR) is 136 cm³/mol. The summed E-state index contributed by atoms with van der Waals surface area (Å²) in [5.74, 6) is 1.69. The molecule has 2 aromatic rings. The van der Waals surface area contributed by atoms with Crippen LogP contribution in [0.4, 0.5) is 0 Å². The molecular weight excluding hydrogens is 450 g/mol. The Morgan fingerprint density at radius 3 is 2.67 bits per heavy atom. The topological polar surface area (TPSA) is 62.2 Å². The van der Waals surface area contributed by atoms with Crippen LogP contribution in [0.1, 0.15) is 62.1 Å². The molecule has 4 saturated carbocycles. The molecule has 2 N–H and O–H groups in total. The first-order valence-electron chi connectivity index (χ1n) is 14.0. The molecule has 5 heteroatoms. The summed E-state index contributed by atoms with van der Waals surface area (Å²) in [6.45, 7) is 4.27. The first-order chi connectivity index (χ1) is 17.4. The number of hydrogen-bond donors (Lipinski definition) is 2. The standard InChI is InChI=1S/C31H37NO4/c1-28(34,21-6-4-3-5-7-21)23-17-29-12-13-31(23,35-2)27-30(29)14-15-32(18-19-8-9-19)24(29)16-20-10-11-22(33)26(36-27)25(20)30/h3-7,10-11,19,23-24,27,33-34H,8-9,12-18H2,1-2H3/t23-,24-,27-,28?,29-,30+,31-/m1/s1. The van der Waals surface area contributed by atoms with Gasteiger partial charge in [0.15, 0.2) is 11.5 Å². The third-order valence-corrected chi connectivity index (χ3v) is 11.7. The fourth-order valence-electron chi connectivity index (χ4n) is 10.0. The number of methoxy groups -OCH3 is 1. The fourth-order valence-corrected chi connectivity index (χ4v) is 10.0. The number of aromatic hydroxyl groups is 1. The van der Waals surface area contributed by atoms with Crippen molar-refractivity contribution in [3.63, 3.8) is 0 Å². The highest BCUT2D eigenvalue weighted by molar-refractivity contribution is 5.63. The number of ether oxygens (including phenoxy) is 2. The normalized spacial score (nSPS) is 41.5. The SMILES string of the molecule is CO[C@]12CC[C@@]3(C[C@@H]1C(C)(O)c1ccccc1)[C@H]1Cc4ccc(O)c5c4[C@@]3(CCN1CC1CC1)[C@H]2O5. The second kappa shape index (κ2) is 6.86. The molecule has 5 aliphatic carbocycles. The van der Waals surface area contributed by atoms with Crippen LogP contribution in [0.15, 0.2) is 42.5 Å². The smallest absolute Gasteiger partial charge is 0.165 e. The van der Waals surface area contributed by atoms with Crippen molar-refractivity contribution in [2.24, 2.45) is 17.3 Å². The monoisotopic (exact) mass is 487 g/mol. The first-order valence-corrected chi connectivity index (χ1v) is 14.0. The summed E-state index contributed by atoms with van der Waals surface area (Å²) in [6, 6.07) is 14.6. The van der Waals surface area contributed by atoms with E-state index in [1.807, 2.05) is 50.4 Å². The van der Waals surface area contributed by atoms with Gasteiger partial charge in [-0.1, -0.05) is 36.4 Å². The van der Waals surface area contributed by atoms with Gasteiger partial charge in [-0.2, -0.15) is 0 Å². The number of likely N-dealkylation sites (tertiary alicyclic amines) is 1. The molecule has 2 aromatic carbocycles. The molecule has 2 aliphatic heterocycles. The largest absolute Gasteiger partial charge is 0.504 e. The van der Waals surface area contributed by atoms with Crippen molar-refractivity contribution in [3.8, 4) is 11.5 Å². The molecule has 2 heterocycles. The summed E-state index contributed by atoms with van der Waals surface area (Å²) >= 11 is 0. The van der Waals surface area contributed by atoms with Crippen LogP contribution in [-0.4, -0.2) is 53.1 Å². The van der Waals surface area contributed by atoms with Gasteiger partial charge in [-0.25, -0.2) is 0 Å². The summed E-state index contributed by atoms with van der Waals surface area (Å²) in [4.78, 5) is 2.81. The zero-order valence-electron chi connectivity index (χ0n) is 21.4. The van der Waals surface area contributed by atoms with Crippen molar-refractivity contribution in [2.75, 3.05) is 20.2 Å². The second-order valence-corrected chi connectivity index (χ2v) is 12.9. The molecule has 0 aromatic heterocycles. The first kappa shape index (κ1) is 22.0. The summed E-state index contributed by atoms with van der Waals surface area (Å²) in [7, 11) is 1.82. The lowest BCUT2D eigenvalue weighted by Gasteiger charge is -2.75. The number of benzene rings is 2. The maximum atomic E-state index is 12.3. The van der Waals surface area contributed by atoms with Gasteiger partial charge in [-0.05, 0) is 81.5 Å². The van der Waals surface area contributed by atoms with Gasteiger partial charge in [0, 0.05) is 42.0 Å². The van der Waals surface area contributed by atoms with Crippen molar-refractivity contribution in [3.05, 3.63) is 59.2 Å². The zero-order valence-corrected chi connectivity index (χ0v) is 21.4. The molecule has 5 nitrogen and oxygen atoms in total. The Morgan fingerprint density at radius 2 is 1.92 bits per heavy atom. The van der Waals surface area contributed by atoms with Crippen LogP contribution in [0.3, 0.4) is 0 Å². The number of phenolic OH excluding ortho intramolecular Hbond substituents is 1. The Bertz CT molecular complexity index is 1240. The van der Waals surface area contributed by atoms with E-state index in [0.717, 1.165) is 50.1 Å². The molecule has 0 radical (unpaired) electrons. The number of piperidine rings is 1. The van der Waals surface area contributed by atoms with Gasteiger partial charge in [0.25, 0.3) is 0 Å². The van der Waals surface area contributed by atoms with E-state index in [4.69, 9.17) is 9.47 Å². The van der Waals surface area contributed by atoms with Crippen LogP contribution in [0, 0.1) is 17.3 Å². The Labute approximate surface area is 213 Å². The molecule has 9 rings (SSSR count). The maximum absolute atomic E-state index is 12.3. The molecule has 36 heavy (non-hydrogen) atoms. The van der Waals surface area contributed by atoms with Crippen LogP contribution in [-0.2, 0) is 22.2 Å². The highest BCUT2D eigenvalue weighted by Crippen LogP contribution is 2.78. The average Bonchev–Trinajstić information content (AvgIpc) is 3.64. The third-order valence-electron chi connectivity index (χ3n) is 11.7. The third kappa shape index (κ3) is 2.35. The van der Waals surface area contributed by atoms with E-state index in [2.05, 4.69) is 11.0 Å². The summed E-state index contributed by atoms with van der Waals surface area (Å²) < 4.78 is 13.5. The van der Waals surface area contributed by atoms with Gasteiger partial charge < -0.3 is 19.7 Å². The van der Waals surface area contributed by atoms with Crippen LogP contribution in [0.5, 0.6) is 11.5 Å². The molecule has 4 bridgehead atoms. The van der Waals surface area contributed by atoms with Crippen molar-refractivity contribution >= 4 is 0 Å². The van der Waals surface area contributed by atoms with Crippen LogP contribution in [0.25, 0.3) is 0 Å². The van der Waals surface area contributed by atoms with Gasteiger partial charge >= 0.3 is 0 Å². The number of nitrogens with zero attached hydrogens (tertiary/aromatic N) is 1. The lowest BCUT2D eigenvalue weighted by atomic mass is 9.33. The van der Waals surface area contributed by atoms with E-state index in [9.17, 15) is 10.2 Å². The minimum absolute atomic E-state index is 0.000563.